The molecule has 0 spiro atoms. The maximum Gasteiger partial charge on any atom is 0.241 e. The van der Waals surface area contributed by atoms with Crippen molar-refractivity contribution in [3.8, 4) is 11.1 Å². The van der Waals surface area contributed by atoms with Gasteiger partial charge >= 0.3 is 0 Å². The molecule has 0 bridgehead atoms. The Balaban J connectivity index is 1.50. The highest BCUT2D eigenvalue weighted by Gasteiger charge is 2.26. The van der Waals surface area contributed by atoms with Crippen LogP contribution in [0.25, 0.3) is 16.6 Å². The summed E-state index contributed by atoms with van der Waals surface area (Å²) in [6.45, 7) is 3.15. The van der Waals surface area contributed by atoms with Crippen molar-refractivity contribution in [2.45, 2.75) is 57.2 Å². The lowest BCUT2D eigenvalue weighted by molar-refractivity contribution is 0.121. The second-order valence-electron chi connectivity index (χ2n) is 8.99. The van der Waals surface area contributed by atoms with Crippen LogP contribution in [0.5, 0.6) is 0 Å². The van der Waals surface area contributed by atoms with Crippen LogP contribution in [0.1, 0.15) is 49.9 Å². The highest BCUT2D eigenvalue weighted by molar-refractivity contribution is 5.81. The molecule has 1 atom stereocenters. The zero-order valence-electron chi connectivity index (χ0n) is 19.5. The van der Waals surface area contributed by atoms with E-state index in [9.17, 15) is 5.11 Å². The number of anilines is 1. The Morgan fingerprint density at radius 2 is 2.00 bits per heavy atom. The number of aliphatic hydroxyl groups excluding tert-OH is 1. The molecule has 10 nitrogen and oxygen atoms in total. The van der Waals surface area contributed by atoms with E-state index in [1.165, 1.54) is 0 Å². The number of hydrogen-bond acceptors (Lipinski definition) is 8. The van der Waals surface area contributed by atoms with E-state index < -0.39 is 0 Å². The molecule has 4 heterocycles. The zero-order chi connectivity index (χ0) is 23.5. The van der Waals surface area contributed by atoms with Gasteiger partial charge in [0, 0.05) is 54.5 Å². The van der Waals surface area contributed by atoms with Crippen LogP contribution in [0.15, 0.2) is 43.2 Å². The standard InChI is InChI=1S/C24H30N8O2/c1-16(15-34-2)29-24-27-12-23-21(9-22(32(23)30-24)17-3-5-20(33)6-4-17)18-10-28-31(13-18)14-19-11-25-7-8-26-19/h7-13,16-17,20,33H,3-6,14-15H2,1-2H3,(H,29,30)/t16-,17?,20?/m0/s1. The molecule has 1 fully saturated rings. The van der Waals surface area contributed by atoms with Gasteiger partial charge in [0.25, 0.3) is 0 Å². The fourth-order valence-electron chi connectivity index (χ4n) is 4.65. The first-order chi connectivity index (χ1) is 16.6. The minimum Gasteiger partial charge on any atom is -0.393 e. The summed E-state index contributed by atoms with van der Waals surface area (Å²) in [6, 6.07) is 2.29. The molecule has 0 radical (unpaired) electrons. The predicted molar refractivity (Wildman–Crippen MR) is 128 cm³/mol. The van der Waals surface area contributed by atoms with Crippen LogP contribution >= 0.6 is 0 Å². The summed E-state index contributed by atoms with van der Waals surface area (Å²) in [4.78, 5) is 13.0. The Morgan fingerprint density at radius 3 is 2.76 bits per heavy atom. The third-order valence-electron chi connectivity index (χ3n) is 6.34. The van der Waals surface area contributed by atoms with Crippen molar-refractivity contribution >= 4 is 11.5 Å². The first-order valence-corrected chi connectivity index (χ1v) is 11.7. The van der Waals surface area contributed by atoms with Gasteiger partial charge in [-0.1, -0.05) is 0 Å². The van der Waals surface area contributed by atoms with Crippen LogP contribution < -0.4 is 5.32 Å². The third kappa shape index (κ3) is 4.78. The summed E-state index contributed by atoms with van der Waals surface area (Å²) < 4.78 is 9.10. The number of nitrogens with one attached hydrogen (secondary N) is 1. The van der Waals surface area contributed by atoms with E-state index in [0.717, 1.165) is 53.7 Å². The van der Waals surface area contributed by atoms with Crippen LogP contribution in [-0.4, -0.2) is 65.3 Å². The largest absolute Gasteiger partial charge is 0.393 e. The molecule has 4 aromatic rings. The lowest BCUT2D eigenvalue weighted by Gasteiger charge is -2.25. The number of hydrogen-bond donors (Lipinski definition) is 2. The molecule has 178 valence electrons. The van der Waals surface area contributed by atoms with E-state index >= 15 is 0 Å². The Bertz CT molecular complexity index is 1230. The van der Waals surface area contributed by atoms with Crippen LogP contribution in [0.4, 0.5) is 5.95 Å². The van der Waals surface area contributed by atoms with Gasteiger partial charge < -0.3 is 15.2 Å². The van der Waals surface area contributed by atoms with E-state index in [-0.39, 0.29) is 12.1 Å². The molecule has 10 heteroatoms. The molecule has 0 amide bonds. The van der Waals surface area contributed by atoms with Crippen LogP contribution in [0.3, 0.4) is 0 Å². The van der Waals surface area contributed by atoms with E-state index in [0.29, 0.717) is 25.0 Å². The summed E-state index contributed by atoms with van der Waals surface area (Å²) in [5.41, 5.74) is 4.97. The van der Waals surface area contributed by atoms with Crippen LogP contribution in [-0.2, 0) is 11.3 Å². The number of aromatic nitrogens is 7. The second-order valence-corrected chi connectivity index (χ2v) is 8.99. The minimum atomic E-state index is -0.206. The van der Waals surface area contributed by atoms with Gasteiger partial charge in [-0.15, -0.1) is 5.10 Å². The highest BCUT2D eigenvalue weighted by Crippen LogP contribution is 2.37. The van der Waals surface area contributed by atoms with Gasteiger partial charge in [-0.05, 0) is 38.7 Å². The van der Waals surface area contributed by atoms with Gasteiger partial charge in [-0.2, -0.15) is 5.10 Å². The number of nitrogens with zero attached hydrogens (tertiary/aromatic N) is 7. The lowest BCUT2D eigenvalue weighted by atomic mass is 9.85. The van der Waals surface area contributed by atoms with Crippen molar-refractivity contribution in [2.75, 3.05) is 19.0 Å². The molecule has 0 saturated heterocycles. The van der Waals surface area contributed by atoms with Crippen LogP contribution in [0.2, 0.25) is 0 Å². The van der Waals surface area contributed by atoms with Gasteiger partial charge in [-0.25, -0.2) is 9.50 Å². The predicted octanol–water partition coefficient (Wildman–Crippen LogP) is 2.90. The first kappa shape index (κ1) is 22.4. The average Bonchev–Trinajstić information content (AvgIpc) is 3.45. The smallest absolute Gasteiger partial charge is 0.241 e. The summed E-state index contributed by atoms with van der Waals surface area (Å²) in [5.74, 6) is 0.896. The fraction of sp³-hybridized carbons (Fsp3) is 0.458. The monoisotopic (exact) mass is 462 g/mol. The summed E-state index contributed by atoms with van der Waals surface area (Å²) in [5, 5.41) is 22.7. The highest BCUT2D eigenvalue weighted by atomic mass is 16.5. The number of fused-ring (bicyclic) bond motifs is 1. The molecule has 1 aliphatic rings. The zero-order valence-corrected chi connectivity index (χ0v) is 19.5. The molecule has 1 aliphatic carbocycles. The average molecular weight is 463 g/mol. The topological polar surface area (TPSA) is 115 Å². The molecular weight excluding hydrogens is 432 g/mol. The first-order valence-electron chi connectivity index (χ1n) is 11.7. The van der Waals surface area contributed by atoms with Gasteiger partial charge in [0.05, 0.1) is 49.1 Å². The minimum absolute atomic E-state index is 0.0880. The summed E-state index contributed by atoms with van der Waals surface area (Å²) >= 11 is 0. The molecule has 34 heavy (non-hydrogen) atoms. The molecule has 2 N–H and O–H groups in total. The SMILES string of the molecule is COC[C@H](C)Nc1ncc2c(-c3cnn(Cc4cnccn4)c3)cc(C3CCC(O)CC3)n2n1. The van der Waals surface area contributed by atoms with E-state index in [2.05, 4.69) is 31.4 Å². The maximum atomic E-state index is 10.0. The molecule has 0 aliphatic heterocycles. The lowest BCUT2D eigenvalue weighted by Crippen LogP contribution is -2.23. The molecular formula is C24H30N8O2. The maximum absolute atomic E-state index is 10.0. The van der Waals surface area contributed by atoms with Crippen molar-refractivity contribution in [3.05, 3.63) is 54.6 Å². The third-order valence-corrected chi connectivity index (χ3v) is 6.34. The van der Waals surface area contributed by atoms with E-state index in [1.807, 2.05) is 34.7 Å². The molecule has 4 aromatic heterocycles. The number of rotatable bonds is 8. The molecule has 1 saturated carbocycles. The van der Waals surface area contributed by atoms with E-state index in [1.54, 1.807) is 25.7 Å². The number of aliphatic hydroxyl groups is 1. The van der Waals surface area contributed by atoms with Gasteiger partial charge in [0.1, 0.15) is 0 Å². The van der Waals surface area contributed by atoms with Crippen molar-refractivity contribution in [1.29, 1.82) is 0 Å². The Labute approximate surface area is 198 Å². The Hall–Kier alpha value is -3.37. The van der Waals surface area contributed by atoms with Crippen molar-refractivity contribution < 1.29 is 9.84 Å². The van der Waals surface area contributed by atoms with Crippen LogP contribution in [0, 0.1) is 0 Å². The molecule has 0 unspecified atom stereocenters. The fourth-order valence-corrected chi connectivity index (χ4v) is 4.65. The summed E-state index contributed by atoms with van der Waals surface area (Å²) in [6.07, 6.45) is 14.1. The van der Waals surface area contributed by atoms with Gasteiger partial charge in [0.15, 0.2) is 0 Å². The van der Waals surface area contributed by atoms with Crippen molar-refractivity contribution in [2.24, 2.45) is 0 Å². The Kier molecular flexibility index (Phi) is 6.50. The van der Waals surface area contributed by atoms with Crippen molar-refractivity contribution in [3.63, 3.8) is 0 Å². The molecule has 0 aromatic carbocycles. The normalized spacial score (nSPS) is 19.4. The Morgan fingerprint density at radius 1 is 1.15 bits per heavy atom. The summed E-state index contributed by atoms with van der Waals surface area (Å²) in [7, 11) is 1.68. The van der Waals surface area contributed by atoms with E-state index in [4.69, 9.17) is 9.84 Å². The quantitative estimate of drug-likeness (QED) is 0.411. The van der Waals surface area contributed by atoms with Gasteiger partial charge in [0.2, 0.25) is 5.95 Å². The van der Waals surface area contributed by atoms with Gasteiger partial charge in [-0.3, -0.25) is 14.6 Å². The second kappa shape index (κ2) is 9.86. The van der Waals surface area contributed by atoms with Crippen molar-refractivity contribution in [1.82, 2.24) is 34.3 Å². The number of ether oxygens (including phenoxy) is 1. The number of methoxy groups -OCH3 is 1. The molecule has 5 rings (SSSR count).